The molecular formula is C72H62Cl2N10O4S2Zn. The smallest absolute Gasteiger partial charge is 0.626 e. The summed E-state index contributed by atoms with van der Waals surface area (Å²) in [6.45, 7) is 0. The summed E-state index contributed by atoms with van der Waals surface area (Å²) in [5.41, 5.74) is 8.23. The molecule has 6 aromatic heterocycles. The van der Waals surface area contributed by atoms with E-state index in [0.29, 0.717) is 68.3 Å². The van der Waals surface area contributed by atoms with Crippen LogP contribution in [0, 0.1) is 34.5 Å². The minimum atomic E-state index is 0. The van der Waals surface area contributed by atoms with Crippen molar-refractivity contribution in [1.82, 2.24) is 29.9 Å². The molecule has 4 aliphatic carbocycles. The zero-order chi connectivity index (χ0) is 61.2. The first-order valence-corrected chi connectivity index (χ1v) is 33.3. The summed E-state index contributed by atoms with van der Waals surface area (Å²) in [6.07, 6.45) is 24.2. The predicted molar refractivity (Wildman–Crippen MR) is 353 cm³/mol. The number of rotatable bonds is 16. The fourth-order valence-electron chi connectivity index (χ4n) is 12.9. The van der Waals surface area contributed by atoms with Crippen LogP contribution in [0.25, 0.3) is 9.81 Å². The fourth-order valence-corrected chi connectivity index (χ4v) is 15.2. The molecule has 14 nitrogen and oxygen atoms in total. The number of pyridine rings is 4. The molecule has 8 aromatic rings. The molecule has 452 valence electrons. The maximum atomic E-state index is 10.6. The van der Waals surface area contributed by atoms with E-state index in [0.717, 1.165) is 142 Å². The van der Waals surface area contributed by atoms with Crippen LogP contribution in [0.1, 0.15) is 137 Å². The number of thioether (sulfide) groups is 2. The van der Waals surface area contributed by atoms with Crippen LogP contribution in [0.3, 0.4) is 0 Å². The van der Waals surface area contributed by atoms with Crippen molar-refractivity contribution in [1.29, 1.82) is 10.5 Å². The maximum Gasteiger partial charge on any atom is 2.00 e. The summed E-state index contributed by atoms with van der Waals surface area (Å²) in [5, 5.41) is 22.4. The minimum Gasteiger partial charge on any atom is -0.626 e. The van der Waals surface area contributed by atoms with E-state index in [1.807, 2.05) is 109 Å². The first-order valence-electron chi connectivity index (χ1n) is 30.9. The van der Waals surface area contributed by atoms with Crippen LogP contribution in [-0.4, -0.2) is 31.7 Å². The Morgan fingerprint density at radius 3 is 1.05 bits per heavy atom. The van der Waals surface area contributed by atoms with Gasteiger partial charge in [-0.2, -0.15) is 10.5 Å². The monoisotopic (exact) mass is 1330 g/mol. The van der Waals surface area contributed by atoms with E-state index < -0.39 is 0 Å². The molecular weight excluding hydrogens is 1270 g/mol. The Morgan fingerprint density at radius 2 is 0.747 bits per heavy atom. The quantitative estimate of drug-likeness (QED) is 0.0656. The summed E-state index contributed by atoms with van der Waals surface area (Å²) in [7, 11) is 0. The van der Waals surface area contributed by atoms with Gasteiger partial charge in [0.25, 0.3) is 0 Å². The number of nitrogens with zero attached hydrogens (tertiary/aromatic N) is 10. The number of ether oxygens (including phenoxy) is 4. The Morgan fingerprint density at radius 1 is 0.429 bits per heavy atom. The van der Waals surface area contributed by atoms with Gasteiger partial charge in [0.1, 0.15) is 23.3 Å². The molecule has 0 unspecified atom stereocenters. The molecule has 19 heteroatoms. The van der Waals surface area contributed by atoms with Gasteiger partial charge in [-0.15, -0.1) is 11.4 Å². The molecule has 14 rings (SSSR count). The summed E-state index contributed by atoms with van der Waals surface area (Å²) < 4.78 is 24.8. The van der Waals surface area contributed by atoms with Crippen LogP contribution < -0.4 is 28.9 Å². The number of hydrogen-bond acceptors (Lipinski definition) is 14. The summed E-state index contributed by atoms with van der Waals surface area (Å²) in [6, 6.07) is 46.7. The van der Waals surface area contributed by atoms with Gasteiger partial charge in [0, 0.05) is 102 Å². The first kappa shape index (κ1) is 63.1. The molecule has 0 N–H and O–H groups in total. The molecule has 0 spiro atoms. The molecule has 0 bridgehead atoms. The summed E-state index contributed by atoms with van der Waals surface area (Å²) in [4.78, 5) is 41.7. The first-order chi connectivity index (χ1) is 44.3. The van der Waals surface area contributed by atoms with Gasteiger partial charge in [0.05, 0.1) is 11.4 Å². The number of aliphatic imine (C=N–C) groups is 2. The minimum absolute atomic E-state index is 0. The molecule has 2 aliphatic heterocycles. The van der Waals surface area contributed by atoms with E-state index in [1.165, 1.54) is 25.7 Å². The number of halogens is 2. The van der Waals surface area contributed by atoms with Crippen molar-refractivity contribution in [3.05, 3.63) is 224 Å². The van der Waals surface area contributed by atoms with E-state index >= 15 is 0 Å². The Hall–Kier alpha value is -8.02. The average Bonchev–Trinajstić information content (AvgIpc) is 1.64. The van der Waals surface area contributed by atoms with Crippen LogP contribution >= 0.6 is 46.7 Å². The van der Waals surface area contributed by atoms with Crippen molar-refractivity contribution in [2.75, 3.05) is 0 Å². The number of benzene rings is 2. The van der Waals surface area contributed by atoms with Crippen LogP contribution in [-0.2, 0) is 19.5 Å². The molecule has 0 saturated heterocycles. The molecule has 0 amide bonds. The van der Waals surface area contributed by atoms with Gasteiger partial charge < -0.3 is 28.9 Å². The summed E-state index contributed by atoms with van der Waals surface area (Å²) in [5.74, 6) is 4.40. The molecule has 0 atom stereocenters. The second-order valence-corrected chi connectivity index (χ2v) is 25.9. The van der Waals surface area contributed by atoms with Gasteiger partial charge >= 0.3 is 19.5 Å². The van der Waals surface area contributed by atoms with Gasteiger partial charge in [0.2, 0.25) is 35.3 Å². The number of hydrogen-bond donors (Lipinski definition) is 0. The third-order valence-electron chi connectivity index (χ3n) is 17.1. The second-order valence-electron chi connectivity index (χ2n) is 22.9. The predicted octanol–water partition coefficient (Wildman–Crippen LogP) is 19.0. The van der Waals surface area contributed by atoms with Crippen molar-refractivity contribution in [2.24, 2.45) is 21.8 Å². The molecule has 8 heterocycles. The number of aromatic nitrogens is 6. The topological polar surface area (TPSA) is 189 Å². The van der Waals surface area contributed by atoms with Gasteiger partial charge in [-0.25, -0.2) is 29.9 Å². The van der Waals surface area contributed by atoms with Crippen LogP contribution in [0.15, 0.2) is 212 Å². The van der Waals surface area contributed by atoms with E-state index in [9.17, 15) is 10.5 Å². The van der Waals surface area contributed by atoms with Crippen LogP contribution in [0.5, 0.6) is 35.3 Å². The zero-order valence-electron chi connectivity index (χ0n) is 50.0. The Kier molecular flexibility index (Phi) is 20.8. The van der Waals surface area contributed by atoms with Crippen molar-refractivity contribution in [2.45, 2.75) is 124 Å². The van der Waals surface area contributed by atoms with Crippen LogP contribution in [0.4, 0.5) is 0 Å². The van der Waals surface area contributed by atoms with Crippen molar-refractivity contribution in [3.8, 4) is 47.4 Å². The Bertz CT molecular complexity index is 3870. The molecule has 4 fully saturated rings. The van der Waals surface area contributed by atoms with Crippen molar-refractivity contribution in [3.63, 3.8) is 0 Å². The zero-order valence-corrected chi connectivity index (χ0v) is 56.1. The molecule has 6 aliphatic rings. The van der Waals surface area contributed by atoms with E-state index in [2.05, 4.69) is 44.2 Å². The Balaban J connectivity index is 0.000000174. The fraction of sp³-hybridized carbons (Fsp3) is 0.278. The normalized spacial score (nSPS) is 18.1. The maximum absolute atomic E-state index is 10.6. The second kappa shape index (κ2) is 30.0. The summed E-state index contributed by atoms with van der Waals surface area (Å²) >= 11 is 15.7. The van der Waals surface area contributed by atoms with Gasteiger partial charge in [-0.1, -0.05) is 133 Å². The van der Waals surface area contributed by atoms with E-state index in [1.54, 1.807) is 60.4 Å². The standard InChI is InChI=1S/2C36H31ClN5O2S.Zn/c2*37-25-15-17-26(18-16-25)45-35(33-27(23-9-1-2-10-23)21-31(41-33)43-29-13-5-7-19-39-29)34-32(24-11-3-4-12-24)28(22-38)36(42-34)44-30-14-6-8-20-40-30;/h2*5-8,13-21,23-24H,1-4,9-12H2;/q2*-1;+2/b2*35-34+;. The van der Waals surface area contributed by atoms with E-state index in [4.69, 9.17) is 62.1 Å². The van der Waals surface area contributed by atoms with E-state index in [-0.39, 0.29) is 43.1 Å². The third-order valence-corrected chi connectivity index (χ3v) is 19.8. The van der Waals surface area contributed by atoms with Crippen molar-refractivity contribution < 1.29 is 38.4 Å². The number of nitriles is 2. The van der Waals surface area contributed by atoms with Gasteiger partial charge in [0.15, 0.2) is 0 Å². The third kappa shape index (κ3) is 14.8. The molecule has 91 heavy (non-hydrogen) atoms. The number of allylic oxidation sites excluding steroid dienone is 2. The molecule has 0 radical (unpaired) electrons. The van der Waals surface area contributed by atoms with Crippen LogP contribution in [0.2, 0.25) is 10.0 Å². The van der Waals surface area contributed by atoms with Gasteiger partial charge in [-0.05, 0) is 160 Å². The average molecular weight is 1330 g/mol. The Labute approximate surface area is 561 Å². The van der Waals surface area contributed by atoms with Gasteiger partial charge in [-0.3, -0.25) is 0 Å². The van der Waals surface area contributed by atoms with Crippen molar-refractivity contribution >= 4 is 68.3 Å². The molecule has 2 aromatic carbocycles. The molecule has 4 saturated carbocycles. The SMILES string of the molecule is N#CC1=C(C2CCCC2)/C(=C(\Sc2ccc(Cl)cc2)c2[n-]c(Oc3ccccn3)cc2C2CCCC2)N=C1Oc1ccccn1.N#CC1=C(C2CCCC2)/C(=C(\Sc2ccc(Cl)cc2)c2[n-]c(Oc3ccccn3)cc2C2CCCC2)N=C1Oc1ccccn1.[Zn+2]. The largest absolute Gasteiger partial charge is 2.00 e.